The number of carbonyl (C=O) groups is 1. The third-order valence-corrected chi connectivity index (χ3v) is 2.31. The zero-order valence-electron chi connectivity index (χ0n) is 8.79. The molecule has 2 rings (SSSR count). The Balaban J connectivity index is 2.40. The summed E-state index contributed by atoms with van der Waals surface area (Å²) in [4.78, 5) is 14.9. The van der Waals surface area contributed by atoms with Gasteiger partial charge in [-0.15, -0.1) is 0 Å². The summed E-state index contributed by atoms with van der Waals surface area (Å²) >= 11 is 0. The van der Waals surface area contributed by atoms with Gasteiger partial charge in [0.2, 0.25) is 0 Å². The molecule has 2 aromatic rings. The van der Waals surface area contributed by atoms with Crippen molar-refractivity contribution in [2.24, 2.45) is 5.73 Å². The first-order chi connectivity index (χ1) is 7.58. The number of rotatable bonds is 3. The lowest BCUT2D eigenvalue weighted by molar-refractivity contribution is -0.138. The van der Waals surface area contributed by atoms with Gasteiger partial charge in [0.1, 0.15) is 11.9 Å². The lowest BCUT2D eigenvalue weighted by Crippen LogP contribution is -2.32. The minimum atomic E-state index is -1.02. The minimum absolute atomic E-state index is 0.248. The number of nitrogens with two attached hydrogens (primary N) is 1. The average Bonchev–Trinajstić information content (AvgIpc) is 2.59. The summed E-state index contributed by atoms with van der Waals surface area (Å²) in [7, 11) is 0. The van der Waals surface area contributed by atoms with Crippen molar-refractivity contribution < 1.29 is 9.90 Å². The van der Waals surface area contributed by atoms with Crippen molar-refractivity contribution in [1.29, 1.82) is 0 Å². The van der Waals surface area contributed by atoms with Crippen LogP contribution in [0.15, 0.2) is 18.3 Å². The molecule has 0 saturated heterocycles. The number of aryl methyl sites for hydroxylation is 1. The second-order valence-electron chi connectivity index (χ2n) is 3.61. The molecule has 0 saturated carbocycles. The first-order valence-electron chi connectivity index (χ1n) is 4.87. The third-order valence-electron chi connectivity index (χ3n) is 2.31. The zero-order valence-corrected chi connectivity index (χ0v) is 8.79. The summed E-state index contributed by atoms with van der Waals surface area (Å²) in [6, 6.07) is 2.69. The highest BCUT2D eigenvalue weighted by atomic mass is 16.4. The number of pyridine rings is 1. The van der Waals surface area contributed by atoms with E-state index in [1.807, 2.05) is 6.07 Å². The van der Waals surface area contributed by atoms with Gasteiger partial charge in [-0.3, -0.25) is 4.79 Å². The van der Waals surface area contributed by atoms with Crippen molar-refractivity contribution >= 4 is 11.6 Å². The summed E-state index contributed by atoms with van der Waals surface area (Å²) in [5, 5.41) is 12.9. The Morgan fingerprint density at radius 3 is 3.12 bits per heavy atom. The van der Waals surface area contributed by atoms with Gasteiger partial charge in [-0.25, -0.2) is 9.50 Å². The van der Waals surface area contributed by atoms with Crippen LogP contribution < -0.4 is 5.73 Å². The second-order valence-corrected chi connectivity index (χ2v) is 3.61. The molecule has 0 spiro atoms. The fourth-order valence-electron chi connectivity index (χ4n) is 1.55. The lowest BCUT2D eigenvalue weighted by Gasteiger charge is -2.06. The van der Waals surface area contributed by atoms with Crippen molar-refractivity contribution in [3.63, 3.8) is 0 Å². The van der Waals surface area contributed by atoms with Crippen LogP contribution in [0.5, 0.6) is 0 Å². The van der Waals surface area contributed by atoms with E-state index in [2.05, 4.69) is 10.1 Å². The number of nitrogens with zero attached hydrogens (tertiary/aromatic N) is 3. The first kappa shape index (κ1) is 10.6. The van der Waals surface area contributed by atoms with Gasteiger partial charge in [0.05, 0.1) is 0 Å². The van der Waals surface area contributed by atoms with Crippen LogP contribution >= 0.6 is 0 Å². The molecule has 84 valence electrons. The van der Waals surface area contributed by atoms with Gasteiger partial charge in [-0.05, 0) is 18.6 Å². The smallest absolute Gasteiger partial charge is 0.320 e. The summed E-state index contributed by atoms with van der Waals surface area (Å²) in [5.41, 5.74) is 6.94. The summed E-state index contributed by atoms with van der Waals surface area (Å²) in [6.07, 6.45) is 2.02. The molecule has 3 N–H and O–H groups in total. The van der Waals surface area contributed by atoms with E-state index in [9.17, 15) is 4.79 Å². The van der Waals surface area contributed by atoms with Crippen LogP contribution in [0, 0.1) is 6.92 Å². The Hall–Kier alpha value is -1.95. The number of carboxylic acid groups (broad SMARTS) is 1. The number of carboxylic acids is 1. The van der Waals surface area contributed by atoms with Crippen molar-refractivity contribution in [2.45, 2.75) is 19.4 Å². The first-order valence-corrected chi connectivity index (χ1v) is 4.87. The number of hydrogen-bond donors (Lipinski definition) is 2. The van der Waals surface area contributed by atoms with Crippen LogP contribution in [0.4, 0.5) is 0 Å². The highest BCUT2D eigenvalue weighted by Crippen LogP contribution is 2.10. The Morgan fingerprint density at radius 1 is 1.69 bits per heavy atom. The van der Waals surface area contributed by atoms with Crippen LogP contribution in [0.25, 0.3) is 5.65 Å². The summed E-state index contributed by atoms with van der Waals surface area (Å²) in [5.74, 6) is -0.366. The molecular weight excluding hydrogens is 208 g/mol. The van der Waals surface area contributed by atoms with E-state index in [1.165, 1.54) is 0 Å². The molecule has 0 bridgehead atoms. The number of fused-ring (bicyclic) bond motifs is 1. The fourth-order valence-corrected chi connectivity index (χ4v) is 1.55. The predicted molar refractivity (Wildman–Crippen MR) is 57.0 cm³/mol. The molecule has 1 unspecified atom stereocenters. The predicted octanol–water partition coefficient (Wildman–Crippen LogP) is -0.00788. The van der Waals surface area contributed by atoms with Crippen molar-refractivity contribution in [2.75, 3.05) is 0 Å². The molecule has 0 radical (unpaired) electrons. The largest absolute Gasteiger partial charge is 0.480 e. The third kappa shape index (κ3) is 1.87. The Bertz CT molecular complexity index is 535. The second kappa shape index (κ2) is 3.90. The van der Waals surface area contributed by atoms with Crippen molar-refractivity contribution in [1.82, 2.24) is 14.6 Å². The van der Waals surface area contributed by atoms with Crippen molar-refractivity contribution in [3.05, 3.63) is 29.7 Å². The van der Waals surface area contributed by atoms with Crippen LogP contribution in [0.3, 0.4) is 0 Å². The fraction of sp³-hybridized carbons (Fsp3) is 0.300. The van der Waals surface area contributed by atoms with Crippen LogP contribution in [0.1, 0.15) is 11.4 Å². The monoisotopic (exact) mass is 220 g/mol. The van der Waals surface area contributed by atoms with Gasteiger partial charge in [-0.1, -0.05) is 6.07 Å². The summed E-state index contributed by atoms with van der Waals surface area (Å²) < 4.78 is 1.62. The Morgan fingerprint density at radius 2 is 2.44 bits per heavy atom. The molecule has 0 aromatic carbocycles. The average molecular weight is 220 g/mol. The molecule has 16 heavy (non-hydrogen) atoms. The van der Waals surface area contributed by atoms with E-state index in [-0.39, 0.29) is 6.42 Å². The van der Waals surface area contributed by atoms with E-state index in [4.69, 9.17) is 10.8 Å². The van der Waals surface area contributed by atoms with Crippen LogP contribution in [0.2, 0.25) is 0 Å². The number of aliphatic carboxylic acids is 1. The highest BCUT2D eigenvalue weighted by molar-refractivity contribution is 5.74. The molecule has 0 amide bonds. The zero-order chi connectivity index (χ0) is 11.7. The molecule has 0 aliphatic carbocycles. The number of hydrogen-bond acceptors (Lipinski definition) is 4. The van der Waals surface area contributed by atoms with E-state index < -0.39 is 12.0 Å². The number of aromatic nitrogens is 3. The van der Waals surface area contributed by atoms with Gasteiger partial charge < -0.3 is 10.8 Å². The normalized spacial score (nSPS) is 12.9. The van der Waals surface area contributed by atoms with Crippen LogP contribution in [-0.2, 0) is 11.2 Å². The molecule has 2 aromatic heterocycles. The molecule has 0 aliphatic rings. The quantitative estimate of drug-likeness (QED) is 0.758. The van der Waals surface area contributed by atoms with Gasteiger partial charge in [0.25, 0.3) is 0 Å². The highest BCUT2D eigenvalue weighted by Gasteiger charge is 2.15. The molecule has 6 nitrogen and oxygen atoms in total. The molecule has 1 atom stereocenters. The Kier molecular flexibility index (Phi) is 2.57. The minimum Gasteiger partial charge on any atom is -0.480 e. The van der Waals surface area contributed by atoms with E-state index in [0.29, 0.717) is 11.5 Å². The topological polar surface area (TPSA) is 93.5 Å². The van der Waals surface area contributed by atoms with Gasteiger partial charge in [0.15, 0.2) is 5.65 Å². The van der Waals surface area contributed by atoms with E-state index in [0.717, 1.165) is 5.56 Å². The molecule has 0 aliphatic heterocycles. The molecule has 2 heterocycles. The van der Waals surface area contributed by atoms with Gasteiger partial charge >= 0.3 is 5.97 Å². The molecular formula is C10H12N4O2. The summed E-state index contributed by atoms with van der Waals surface area (Å²) in [6.45, 7) is 1.79. The Labute approximate surface area is 91.7 Å². The standard InChI is InChI=1S/C10H12N4O2/c1-6-12-9-7(5-8(11)10(15)16)3-2-4-14(9)13-6/h2-4,8H,5,11H2,1H3,(H,15,16). The van der Waals surface area contributed by atoms with E-state index in [1.54, 1.807) is 23.7 Å². The molecule has 6 heteroatoms. The molecule has 0 fully saturated rings. The van der Waals surface area contributed by atoms with Crippen LogP contribution in [-0.4, -0.2) is 31.7 Å². The maximum atomic E-state index is 10.7. The van der Waals surface area contributed by atoms with Gasteiger partial charge in [-0.2, -0.15) is 5.10 Å². The SMILES string of the molecule is Cc1nc2c(CC(N)C(=O)O)cccn2n1. The lowest BCUT2D eigenvalue weighted by atomic mass is 10.1. The van der Waals surface area contributed by atoms with Crippen molar-refractivity contribution in [3.8, 4) is 0 Å². The van der Waals surface area contributed by atoms with E-state index >= 15 is 0 Å². The van der Waals surface area contributed by atoms with Gasteiger partial charge in [0, 0.05) is 12.6 Å². The maximum Gasteiger partial charge on any atom is 0.320 e. The maximum absolute atomic E-state index is 10.7.